The van der Waals surface area contributed by atoms with Crippen molar-refractivity contribution >= 4 is 35.6 Å². The van der Waals surface area contributed by atoms with Gasteiger partial charge in [-0.05, 0) is 18.9 Å². The SMILES string of the molecule is C=NC(=C)c1ccc(Cl)c(Cl)c1. The molecule has 1 nitrogen and oxygen atoms in total. The molecular formula is C9H7Cl2N. The highest BCUT2D eigenvalue weighted by Gasteiger charge is 2.00. The van der Waals surface area contributed by atoms with Crippen LogP contribution in [0.4, 0.5) is 0 Å². The van der Waals surface area contributed by atoms with Gasteiger partial charge in [0.15, 0.2) is 0 Å². The van der Waals surface area contributed by atoms with Gasteiger partial charge in [0, 0.05) is 5.56 Å². The molecule has 0 fully saturated rings. The molecule has 0 bridgehead atoms. The highest BCUT2D eigenvalue weighted by Crippen LogP contribution is 2.25. The van der Waals surface area contributed by atoms with Gasteiger partial charge in [0.05, 0.1) is 15.7 Å². The van der Waals surface area contributed by atoms with Crippen molar-refractivity contribution in [1.82, 2.24) is 0 Å². The lowest BCUT2D eigenvalue weighted by Gasteiger charge is -2.00. The van der Waals surface area contributed by atoms with Gasteiger partial charge in [-0.3, -0.25) is 4.99 Å². The number of benzene rings is 1. The summed E-state index contributed by atoms with van der Waals surface area (Å²) in [6.45, 7) is 7.05. The third-order valence-electron chi connectivity index (χ3n) is 1.44. The molecule has 0 saturated heterocycles. The molecule has 0 atom stereocenters. The third-order valence-corrected chi connectivity index (χ3v) is 2.18. The first-order chi connectivity index (χ1) is 5.65. The van der Waals surface area contributed by atoms with Crippen molar-refractivity contribution in [2.75, 3.05) is 0 Å². The number of halogens is 2. The summed E-state index contributed by atoms with van der Waals surface area (Å²) in [6.07, 6.45) is 0. The molecule has 0 heterocycles. The molecule has 1 rings (SSSR count). The fourth-order valence-electron chi connectivity index (χ4n) is 0.767. The Bertz CT molecular complexity index is 331. The van der Waals surface area contributed by atoms with Crippen molar-refractivity contribution in [3.63, 3.8) is 0 Å². The molecule has 0 saturated carbocycles. The van der Waals surface area contributed by atoms with Crippen LogP contribution in [-0.2, 0) is 0 Å². The summed E-state index contributed by atoms with van der Waals surface area (Å²) in [4.78, 5) is 3.68. The fourth-order valence-corrected chi connectivity index (χ4v) is 1.07. The van der Waals surface area contributed by atoms with Crippen molar-refractivity contribution in [2.24, 2.45) is 4.99 Å². The zero-order chi connectivity index (χ0) is 9.14. The summed E-state index contributed by atoms with van der Waals surface area (Å²) in [5, 5.41) is 1.02. The lowest BCUT2D eigenvalue weighted by Crippen LogP contribution is -1.78. The largest absolute Gasteiger partial charge is 0.265 e. The van der Waals surface area contributed by atoms with Gasteiger partial charge in [-0.15, -0.1) is 0 Å². The molecule has 0 aliphatic rings. The number of aliphatic imine (C=N–C) groups is 1. The summed E-state index contributed by atoms with van der Waals surface area (Å²) in [7, 11) is 0. The summed E-state index contributed by atoms with van der Waals surface area (Å²) < 4.78 is 0. The number of hydrogen-bond acceptors (Lipinski definition) is 1. The Morgan fingerprint density at radius 3 is 2.42 bits per heavy atom. The molecule has 0 spiro atoms. The van der Waals surface area contributed by atoms with Gasteiger partial charge < -0.3 is 0 Å². The van der Waals surface area contributed by atoms with E-state index in [1.54, 1.807) is 18.2 Å². The lowest BCUT2D eigenvalue weighted by atomic mass is 10.2. The van der Waals surface area contributed by atoms with Crippen LogP contribution < -0.4 is 0 Å². The first kappa shape index (κ1) is 9.30. The van der Waals surface area contributed by atoms with Crippen LogP contribution in [0.2, 0.25) is 10.0 Å². The smallest absolute Gasteiger partial charge is 0.0623 e. The van der Waals surface area contributed by atoms with E-state index in [1.807, 2.05) is 0 Å². The standard InChI is InChI=1S/C9H7Cl2N/c1-6(12-2)7-3-4-8(10)9(11)5-7/h3-5H,1-2H2. The minimum absolute atomic E-state index is 0.499. The van der Waals surface area contributed by atoms with Crippen LogP contribution in [0.25, 0.3) is 5.70 Å². The molecular weight excluding hydrogens is 193 g/mol. The minimum Gasteiger partial charge on any atom is -0.265 e. The van der Waals surface area contributed by atoms with Crippen molar-refractivity contribution < 1.29 is 0 Å². The number of nitrogens with zero attached hydrogens (tertiary/aromatic N) is 1. The van der Waals surface area contributed by atoms with Crippen LogP contribution in [0.5, 0.6) is 0 Å². The first-order valence-electron chi connectivity index (χ1n) is 3.26. The van der Waals surface area contributed by atoms with E-state index in [-0.39, 0.29) is 0 Å². The Balaban J connectivity index is 3.13. The molecule has 3 heteroatoms. The van der Waals surface area contributed by atoms with Gasteiger partial charge in [0.2, 0.25) is 0 Å². The van der Waals surface area contributed by atoms with E-state index in [4.69, 9.17) is 23.2 Å². The predicted octanol–water partition coefficient (Wildman–Crippen LogP) is 3.66. The molecule has 0 N–H and O–H groups in total. The number of hydrogen-bond donors (Lipinski definition) is 0. The molecule has 0 aliphatic heterocycles. The number of rotatable bonds is 2. The first-order valence-corrected chi connectivity index (χ1v) is 4.02. The van der Waals surface area contributed by atoms with Gasteiger partial charge in [-0.1, -0.05) is 35.8 Å². The van der Waals surface area contributed by atoms with Crippen LogP contribution in [0.15, 0.2) is 29.8 Å². The average Bonchev–Trinajstić information content (AvgIpc) is 2.08. The van der Waals surface area contributed by atoms with Gasteiger partial charge in [0.25, 0.3) is 0 Å². The zero-order valence-electron chi connectivity index (χ0n) is 6.35. The Kier molecular flexibility index (Phi) is 2.90. The lowest BCUT2D eigenvalue weighted by molar-refractivity contribution is 1.54. The normalized spacial score (nSPS) is 9.50. The average molecular weight is 200 g/mol. The Labute approximate surface area is 81.3 Å². The van der Waals surface area contributed by atoms with E-state index in [0.29, 0.717) is 15.7 Å². The second kappa shape index (κ2) is 3.74. The molecule has 12 heavy (non-hydrogen) atoms. The van der Waals surface area contributed by atoms with Crippen LogP contribution in [-0.4, -0.2) is 6.72 Å². The Morgan fingerprint density at radius 1 is 1.25 bits per heavy atom. The maximum Gasteiger partial charge on any atom is 0.0623 e. The van der Waals surface area contributed by atoms with Crippen molar-refractivity contribution in [3.8, 4) is 0 Å². The van der Waals surface area contributed by atoms with E-state index >= 15 is 0 Å². The summed E-state index contributed by atoms with van der Waals surface area (Å²) in [5.74, 6) is 0. The molecule has 1 aromatic carbocycles. The fraction of sp³-hybridized carbons (Fsp3) is 0. The maximum atomic E-state index is 5.78. The highest BCUT2D eigenvalue weighted by atomic mass is 35.5. The molecule has 0 aromatic heterocycles. The van der Waals surface area contributed by atoms with Gasteiger partial charge in [-0.2, -0.15) is 0 Å². The quantitative estimate of drug-likeness (QED) is 0.646. The maximum absolute atomic E-state index is 5.78. The third kappa shape index (κ3) is 1.87. The van der Waals surface area contributed by atoms with Crippen LogP contribution in [0, 0.1) is 0 Å². The summed E-state index contributed by atoms with van der Waals surface area (Å²) in [5.41, 5.74) is 1.42. The highest BCUT2D eigenvalue weighted by molar-refractivity contribution is 6.42. The predicted molar refractivity (Wildman–Crippen MR) is 55.0 cm³/mol. The molecule has 0 amide bonds. The molecule has 62 valence electrons. The van der Waals surface area contributed by atoms with E-state index in [9.17, 15) is 0 Å². The topological polar surface area (TPSA) is 12.4 Å². The monoisotopic (exact) mass is 199 g/mol. The molecule has 0 radical (unpaired) electrons. The van der Waals surface area contributed by atoms with E-state index in [0.717, 1.165) is 5.56 Å². The van der Waals surface area contributed by atoms with E-state index < -0.39 is 0 Å². The Morgan fingerprint density at radius 2 is 1.92 bits per heavy atom. The zero-order valence-corrected chi connectivity index (χ0v) is 7.86. The second-order valence-electron chi connectivity index (χ2n) is 2.23. The Hall–Kier alpha value is -0.790. The van der Waals surface area contributed by atoms with E-state index in [1.165, 1.54) is 0 Å². The molecule has 1 aromatic rings. The van der Waals surface area contributed by atoms with Crippen LogP contribution >= 0.6 is 23.2 Å². The second-order valence-corrected chi connectivity index (χ2v) is 3.05. The van der Waals surface area contributed by atoms with Gasteiger partial charge in [-0.25, -0.2) is 0 Å². The van der Waals surface area contributed by atoms with Crippen LogP contribution in [0.1, 0.15) is 5.56 Å². The van der Waals surface area contributed by atoms with E-state index in [2.05, 4.69) is 18.3 Å². The van der Waals surface area contributed by atoms with Crippen molar-refractivity contribution in [1.29, 1.82) is 0 Å². The summed E-state index contributed by atoms with van der Waals surface area (Å²) in [6, 6.07) is 5.21. The van der Waals surface area contributed by atoms with Gasteiger partial charge in [0.1, 0.15) is 0 Å². The summed E-state index contributed by atoms with van der Waals surface area (Å²) >= 11 is 11.5. The van der Waals surface area contributed by atoms with Gasteiger partial charge >= 0.3 is 0 Å². The minimum atomic E-state index is 0.499. The molecule has 0 aliphatic carbocycles. The van der Waals surface area contributed by atoms with Crippen molar-refractivity contribution in [2.45, 2.75) is 0 Å². The molecule has 0 unspecified atom stereocenters. The van der Waals surface area contributed by atoms with Crippen molar-refractivity contribution in [3.05, 3.63) is 40.4 Å². The van der Waals surface area contributed by atoms with Crippen LogP contribution in [0.3, 0.4) is 0 Å².